The Balaban J connectivity index is 2.02. The summed E-state index contributed by atoms with van der Waals surface area (Å²) >= 11 is 0. The van der Waals surface area contributed by atoms with Gasteiger partial charge in [0.1, 0.15) is 17.2 Å². The maximum absolute atomic E-state index is 5.74. The second-order valence-electron chi connectivity index (χ2n) is 4.44. The van der Waals surface area contributed by atoms with Gasteiger partial charge in [0.25, 0.3) is 0 Å². The minimum Gasteiger partial charge on any atom is -0.494 e. The maximum atomic E-state index is 5.74. The van der Waals surface area contributed by atoms with Gasteiger partial charge in [-0.2, -0.15) is 0 Å². The van der Waals surface area contributed by atoms with Gasteiger partial charge in [-0.3, -0.25) is 4.98 Å². The fourth-order valence-corrected chi connectivity index (χ4v) is 1.76. The minimum absolute atomic E-state index is 0.231. The first-order valence-electron chi connectivity index (χ1n) is 6.77. The van der Waals surface area contributed by atoms with E-state index in [1.165, 1.54) is 0 Å². The largest absolute Gasteiger partial charge is 0.494 e. The van der Waals surface area contributed by atoms with E-state index in [1.54, 1.807) is 6.20 Å². The third kappa shape index (κ3) is 3.71. The monoisotopic (exact) mass is 272 g/mol. The van der Waals surface area contributed by atoms with Crippen LogP contribution in [-0.4, -0.2) is 18.6 Å². The molecule has 1 N–H and O–H groups in total. The van der Waals surface area contributed by atoms with Crippen LogP contribution < -0.4 is 14.8 Å². The molecule has 0 saturated heterocycles. The highest BCUT2D eigenvalue weighted by Crippen LogP contribution is 2.24. The summed E-state index contributed by atoms with van der Waals surface area (Å²) in [6.07, 6.45) is 1.74. The average molecular weight is 272 g/mol. The van der Waals surface area contributed by atoms with Gasteiger partial charge in [-0.1, -0.05) is 0 Å². The Morgan fingerprint density at radius 3 is 2.25 bits per heavy atom. The molecule has 1 aromatic carbocycles. The molecule has 0 fully saturated rings. The Labute approximate surface area is 119 Å². The Hall–Kier alpha value is -2.07. The van der Waals surface area contributed by atoms with Gasteiger partial charge in [0.2, 0.25) is 0 Å². The molecule has 0 spiro atoms. The number of aromatic nitrogens is 1. The molecule has 2 rings (SSSR count). The number of hydrogen-bond donors (Lipinski definition) is 1. The fourth-order valence-electron chi connectivity index (χ4n) is 1.76. The fraction of sp³-hybridized carbons (Fsp3) is 0.312. The van der Waals surface area contributed by atoms with E-state index < -0.39 is 0 Å². The first-order chi connectivity index (χ1) is 9.72. The molecule has 0 aliphatic carbocycles. The zero-order chi connectivity index (χ0) is 14.4. The normalized spacial score (nSPS) is 11.9. The molecule has 1 aromatic heterocycles. The molecule has 0 aliphatic heterocycles. The Morgan fingerprint density at radius 2 is 1.70 bits per heavy atom. The van der Waals surface area contributed by atoms with E-state index in [2.05, 4.69) is 17.2 Å². The predicted molar refractivity (Wildman–Crippen MR) is 79.4 cm³/mol. The molecule has 20 heavy (non-hydrogen) atoms. The minimum atomic E-state index is 0.231. The summed E-state index contributed by atoms with van der Waals surface area (Å²) in [6, 6.07) is 11.7. The van der Waals surface area contributed by atoms with Gasteiger partial charge in [-0.25, -0.2) is 0 Å². The van der Waals surface area contributed by atoms with Gasteiger partial charge in [-0.15, -0.1) is 0 Å². The van der Waals surface area contributed by atoms with Crippen molar-refractivity contribution in [2.45, 2.75) is 19.9 Å². The third-order valence-corrected chi connectivity index (χ3v) is 3.01. The highest BCUT2D eigenvalue weighted by atomic mass is 16.5. The summed E-state index contributed by atoms with van der Waals surface area (Å²) in [4.78, 5) is 4.38. The van der Waals surface area contributed by atoms with Crippen LogP contribution in [0.4, 0.5) is 0 Å². The lowest BCUT2D eigenvalue weighted by Gasteiger charge is -2.11. The molecule has 0 radical (unpaired) electrons. The van der Waals surface area contributed by atoms with Gasteiger partial charge in [0.05, 0.1) is 18.5 Å². The lowest BCUT2D eigenvalue weighted by atomic mass is 10.2. The van der Waals surface area contributed by atoms with Crippen molar-refractivity contribution in [3.8, 4) is 17.2 Å². The molecule has 1 heterocycles. The second kappa shape index (κ2) is 6.91. The number of ether oxygens (including phenoxy) is 2. The summed E-state index contributed by atoms with van der Waals surface area (Å²) in [7, 11) is 1.91. The number of nitrogens with one attached hydrogen (secondary N) is 1. The van der Waals surface area contributed by atoms with E-state index >= 15 is 0 Å². The van der Waals surface area contributed by atoms with Crippen molar-refractivity contribution in [3.05, 3.63) is 48.3 Å². The molecule has 4 nitrogen and oxygen atoms in total. The molecule has 2 aromatic rings. The van der Waals surface area contributed by atoms with Crippen molar-refractivity contribution in [1.82, 2.24) is 10.3 Å². The molecular formula is C16H20N2O2. The summed E-state index contributed by atoms with van der Waals surface area (Å²) < 4.78 is 11.1. The Morgan fingerprint density at radius 1 is 1.05 bits per heavy atom. The van der Waals surface area contributed by atoms with Gasteiger partial charge in [0, 0.05) is 6.04 Å². The Bertz CT molecular complexity index is 523. The van der Waals surface area contributed by atoms with Crippen LogP contribution in [0.2, 0.25) is 0 Å². The van der Waals surface area contributed by atoms with Crippen molar-refractivity contribution in [2.24, 2.45) is 0 Å². The van der Waals surface area contributed by atoms with Gasteiger partial charge >= 0.3 is 0 Å². The lowest BCUT2D eigenvalue weighted by molar-refractivity contribution is 0.339. The van der Waals surface area contributed by atoms with Crippen molar-refractivity contribution in [1.29, 1.82) is 0 Å². The molecule has 1 unspecified atom stereocenters. The van der Waals surface area contributed by atoms with Crippen LogP contribution >= 0.6 is 0 Å². The van der Waals surface area contributed by atoms with Crippen LogP contribution in [0.3, 0.4) is 0 Å². The van der Waals surface area contributed by atoms with E-state index in [4.69, 9.17) is 9.47 Å². The van der Waals surface area contributed by atoms with Crippen molar-refractivity contribution in [2.75, 3.05) is 13.7 Å². The van der Waals surface area contributed by atoms with Crippen LogP contribution in [0.15, 0.2) is 42.6 Å². The topological polar surface area (TPSA) is 43.4 Å². The molecule has 4 heteroatoms. The highest BCUT2D eigenvalue weighted by molar-refractivity contribution is 5.35. The predicted octanol–water partition coefficient (Wildman–Crippen LogP) is 3.55. The number of nitrogens with zero attached hydrogens (tertiary/aromatic N) is 1. The molecule has 106 valence electrons. The molecule has 0 aliphatic rings. The SMILES string of the molecule is CCOc1ccc(Oc2ccc(C(C)NC)nc2)cc1. The number of pyridine rings is 1. The van der Waals surface area contributed by atoms with E-state index in [9.17, 15) is 0 Å². The lowest BCUT2D eigenvalue weighted by Crippen LogP contribution is -2.13. The number of hydrogen-bond acceptors (Lipinski definition) is 4. The quantitative estimate of drug-likeness (QED) is 0.873. The van der Waals surface area contributed by atoms with Crippen LogP contribution in [0.25, 0.3) is 0 Å². The summed E-state index contributed by atoms with van der Waals surface area (Å²) in [6.45, 7) is 4.69. The second-order valence-corrected chi connectivity index (χ2v) is 4.44. The first kappa shape index (κ1) is 14.3. The molecule has 0 amide bonds. The van der Waals surface area contributed by atoms with Crippen LogP contribution in [0, 0.1) is 0 Å². The summed E-state index contributed by atoms with van der Waals surface area (Å²) in [5.41, 5.74) is 0.992. The van der Waals surface area contributed by atoms with E-state index in [0.717, 1.165) is 22.9 Å². The highest BCUT2D eigenvalue weighted by Gasteiger charge is 2.04. The first-order valence-corrected chi connectivity index (χ1v) is 6.77. The van der Waals surface area contributed by atoms with E-state index in [-0.39, 0.29) is 6.04 Å². The third-order valence-electron chi connectivity index (χ3n) is 3.01. The van der Waals surface area contributed by atoms with Crippen molar-refractivity contribution >= 4 is 0 Å². The smallest absolute Gasteiger partial charge is 0.145 e. The number of rotatable bonds is 6. The average Bonchev–Trinajstić information content (AvgIpc) is 2.49. The van der Waals surface area contributed by atoms with Gasteiger partial charge in [0.15, 0.2) is 0 Å². The maximum Gasteiger partial charge on any atom is 0.145 e. The molecule has 0 bridgehead atoms. The van der Waals surface area contributed by atoms with Crippen molar-refractivity contribution < 1.29 is 9.47 Å². The molecule has 0 saturated carbocycles. The zero-order valence-electron chi connectivity index (χ0n) is 12.1. The molecular weight excluding hydrogens is 252 g/mol. The zero-order valence-corrected chi connectivity index (χ0v) is 12.1. The molecule has 1 atom stereocenters. The van der Waals surface area contributed by atoms with Crippen LogP contribution in [0.1, 0.15) is 25.6 Å². The summed E-state index contributed by atoms with van der Waals surface area (Å²) in [5, 5.41) is 3.15. The van der Waals surface area contributed by atoms with Gasteiger partial charge in [-0.05, 0) is 57.3 Å². The number of benzene rings is 1. The van der Waals surface area contributed by atoms with Crippen molar-refractivity contribution in [3.63, 3.8) is 0 Å². The van der Waals surface area contributed by atoms with Gasteiger partial charge < -0.3 is 14.8 Å². The van der Waals surface area contributed by atoms with E-state index in [1.807, 2.05) is 50.4 Å². The van der Waals surface area contributed by atoms with E-state index in [0.29, 0.717) is 6.61 Å². The van der Waals surface area contributed by atoms with Crippen LogP contribution in [-0.2, 0) is 0 Å². The summed E-state index contributed by atoms with van der Waals surface area (Å²) in [5.74, 6) is 2.34. The van der Waals surface area contributed by atoms with Crippen LogP contribution in [0.5, 0.6) is 17.2 Å². The standard InChI is InChI=1S/C16H20N2O2/c1-4-19-13-5-7-14(8-6-13)20-15-9-10-16(18-11-15)12(2)17-3/h5-12,17H,4H2,1-3H3. The Kier molecular flexibility index (Phi) is 4.96.